The van der Waals surface area contributed by atoms with Crippen molar-refractivity contribution in [3.63, 3.8) is 0 Å². The van der Waals surface area contributed by atoms with Crippen molar-refractivity contribution >= 4 is 28.3 Å². The number of benzene rings is 1. The summed E-state index contributed by atoms with van der Waals surface area (Å²) in [6.45, 7) is 7.71. The van der Waals surface area contributed by atoms with Gasteiger partial charge in [0.25, 0.3) is 0 Å². The molecule has 0 saturated carbocycles. The van der Waals surface area contributed by atoms with Crippen LogP contribution in [-0.2, 0) is 9.59 Å². The molecule has 2 N–H and O–H groups in total. The molecule has 1 aromatic heterocycles. The van der Waals surface area contributed by atoms with Crippen LogP contribution in [0.5, 0.6) is 0 Å². The molecule has 1 amide bonds. The summed E-state index contributed by atoms with van der Waals surface area (Å²) in [7, 11) is 1.60. The third-order valence-corrected chi connectivity index (χ3v) is 5.04. The summed E-state index contributed by atoms with van der Waals surface area (Å²) in [5.41, 5.74) is 5.45. The maximum atomic E-state index is 12.1. The van der Waals surface area contributed by atoms with Gasteiger partial charge < -0.3 is 10.4 Å². The number of carboxylic acids is 1. The van der Waals surface area contributed by atoms with Gasteiger partial charge in [0, 0.05) is 10.9 Å². The molecule has 0 fully saturated rings. The van der Waals surface area contributed by atoms with Gasteiger partial charge in [0.1, 0.15) is 6.04 Å². The van der Waals surface area contributed by atoms with E-state index in [1.165, 1.54) is 27.4 Å². The van der Waals surface area contributed by atoms with Crippen molar-refractivity contribution in [3.8, 4) is 11.3 Å². The summed E-state index contributed by atoms with van der Waals surface area (Å²) in [6.07, 6.45) is 0. The number of thiazole rings is 1. The molecule has 0 saturated heterocycles. The van der Waals surface area contributed by atoms with Crippen molar-refractivity contribution in [1.82, 2.24) is 9.88 Å². The van der Waals surface area contributed by atoms with Crippen LogP contribution in [0.1, 0.15) is 23.6 Å². The van der Waals surface area contributed by atoms with E-state index in [0.29, 0.717) is 5.13 Å². The number of aliphatic carboxylic acids is 1. The van der Waals surface area contributed by atoms with Crippen LogP contribution in [-0.4, -0.2) is 46.5 Å². The molecule has 134 valence electrons. The first kappa shape index (κ1) is 19.1. The molecule has 2 rings (SSSR count). The Hall–Kier alpha value is -2.25. The van der Waals surface area contributed by atoms with E-state index in [0.717, 1.165) is 16.8 Å². The Morgan fingerprint density at radius 2 is 1.88 bits per heavy atom. The standard InChI is InChI=1S/C18H23N3O3S/c1-10-6-12(3)14(7-11(10)2)15-9-25-18(19-15)20-16(22)8-21(5)13(4)17(23)24/h6-7,9,13H,8H2,1-5H3,(H,23,24)(H,19,20,22). The van der Waals surface area contributed by atoms with Gasteiger partial charge in [-0.05, 0) is 57.5 Å². The molecule has 7 heteroatoms. The van der Waals surface area contributed by atoms with Crippen LogP contribution >= 0.6 is 11.3 Å². The lowest BCUT2D eigenvalue weighted by Crippen LogP contribution is -2.40. The van der Waals surface area contributed by atoms with E-state index in [-0.39, 0.29) is 12.5 Å². The predicted octanol–water partition coefficient (Wildman–Crippen LogP) is 3.08. The maximum Gasteiger partial charge on any atom is 0.320 e. The molecule has 1 unspecified atom stereocenters. The smallest absolute Gasteiger partial charge is 0.320 e. The Morgan fingerprint density at radius 1 is 1.24 bits per heavy atom. The van der Waals surface area contributed by atoms with Crippen LogP contribution in [0, 0.1) is 20.8 Å². The molecule has 6 nitrogen and oxygen atoms in total. The van der Waals surface area contributed by atoms with Crippen LogP contribution < -0.4 is 5.32 Å². The van der Waals surface area contributed by atoms with E-state index in [2.05, 4.69) is 36.3 Å². The summed E-state index contributed by atoms with van der Waals surface area (Å²) in [5, 5.41) is 14.1. The summed E-state index contributed by atoms with van der Waals surface area (Å²) in [4.78, 5) is 29.0. The molecule has 1 aromatic carbocycles. The zero-order valence-corrected chi connectivity index (χ0v) is 15.9. The largest absolute Gasteiger partial charge is 0.480 e. The normalized spacial score (nSPS) is 12.2. The fourth-order valence-corrected chi connectivity index (χ4v) is 3.13. The summed E-state index contributed by atoms with van der Waals surface area (Å²) in [6, 6.07) is 3.51. The van der Waals surface area contributed by atoms with Gasteiger partial charge in [0.15, 0.2) is 5.13 Å². The highest BCUT2D eigenvalue weighted by atomic mass is 32.1. The van der Waals surface area contributed by atoms with Crippen molar-refractivity contribution < 1.29 is 14.7 Å². The molecule has 0 spiro atoms. The molecule has 0 bridgehead atoms. The van der Waals surface area contributed by atoms with E-state index in [4.69, 9.17) is 5.11 Å². The molecule has 1 heterocycles. The van der Waals surface area contributed by atoms with E-state index in [1.54, 1.807) is 14.0 Å². The van der Waals surface area contributed by atoms with Crippen molar-refractivity contribution in [1.29, 1.82) is 0 Å². The molecule has 0 aliphatic rings. The fraction of sp³-hybridized carbons (Fsp3) is 0.389. The predicted molar refractivity (Wildman–Crippen MR) is 100 cm³/mol. The summed E-state index contributed by atoms with van der Waals surface area (Å²) < 4.78 is 0. The van der Waals surface area contributed by atoms with Crippen molar-refractivity contribution in [2.45, 2.75) is 33.7 Å². The maximum absolute atomic E-state index is 12.1. The Kier molecular flexibility index (Phi) is 5.92. The van der Waals surface area contributed by atoms with Gasteiger partial charge in [-0.3, -0.25) is 14.5 Å². The van der Waals surface area contributed by atoms with Crippen LogP contribution in [0.2, 0.25) is 0 Å². The molecule has 1 atom stereocenters. The monoisotopic (exact) mass is 361 g/mol. The van der Waals surface area contributed by atoms with E-state index < -0.39 is 12.0 Å². The number of carboxylic acid groups (broad SMARTS) is 1. The molecular formula is C18H23N3O3S. The van der Waals surface area contributed by atoms with Gasteiger partial charge in [-0.1, -0.05) is 6.07 Å². The first-order chi connectivity index (χ1) is 11.7. The van der Waals surface area contributed by atoms with Crippen LogP contribution in [0.15, 0.2) is 17.5 Å². The Balaban J connectivity index is 2.08. The number of hydrogen-bond donors (Lipinski definition) is 2. The summed E-state index contributed by atoms with van der Waals surface area (Å²) in [5.74, 6) is -1.25. The zero-order valence-electron chi connectivity index (χ0n) is 15.1. The number of anilines is 1. The van der Waals surface area contributed by atoms with Gasteiger partial charge >= 0.3 is 5.97 Å². The average molecular weight is 361 g/mol. The highest BCUT2D eigenvalue weighted by Crippen LogP contribution is 2.29. The molecule has 2 aromatic rings. The Bertz CT molecular complexity index is 801. The van der Waals surface area contributed by atoms with Crippen molar-refractivity contribution in [3.05, 3.63) is 34.2 Å². The molecule has 25 heavy (non-hydrogen) atoms. The lowest BCUT2D eigenvalue weighted by molar-refractivity contribution is -0.142. The minimum atomic E-state index is -0.961. The Morgan fingerprint density at radius 3 is 2.52 bits per heavy atom. The lowest BCUT2D eigenvalue weighted by atomic mass is 9.99. The number of aromatic nitrogens is 1. The number of carbonyl (C=O) groups excluding carboxylic acids is 1. The highest BCUT2D eigenvalue weighted by Gasteiger charge is 2.19. The van der Waals surface area contributed by atoms with Crippen LogP contribution in [0.4, 0.5) is 5.13 Å². The zero-order chi connectivity index (χ0) is 18.7. The first-order valence-corrected chi connectivity index (χ1v) is 8.83. The van der Waals surface area contributed by atoms with Gasteiger partial charge in [-0.15, -0.1) is 11.3 Å². The topological polar surface area (TPSA) is 82.5 Å². The quantitative estimate of drug-likeness (QED) is 0.826. The van der Waals surface area contributed by atoms with Gasteiger partial charge in [0.2, 0.25) is 5.91 Å². The number of likely N-dealkylation sites (N-methyl/N-ethyl adjacent to an activating group) is 1. The molecule has 0 aliphatic carbocycles. The second-order valence-electron chi connectivity index (χ2n) is 6.27. The molecular weight excluding hydrogens is 338 g/mol. The lowest BCUT2D eigenvalue weighted by Gasteiger charge is -2.19. The highest BCUT2D eigenvalue weighted by molar-refractivity contribution is 7.14. The number of rotatable bonds is 6. The number of aryl methyl sites for hydroxylation is 3. The van der Waals surface area contributed by atoms with Crippen LogP contribution in [0.3, 0.4) is 0 Å². The number of nitrogens with zero attached hydrogens (tertiary/aromatic N) is 2. The summed E-state index contributed by atoms with van der Waals surface area (Å²) >= 11 is 1.36. The van der Waals surface area contributed by atoms with Gasteiger partial charge in [-0.25, -0.2) is 4.98 Å². The molecule has 0 aliphatic heterocycles. The van der Waals surface area contributed by atoms with Crippen LogP contribution in [0.25, 0.3) is 11.3 Å². The average Bonchev–Trinajstić information content (AvgIpc) is 2.97. The third-order valence-electron chi connectivity index (χ3n) is 4.28. The second-order valence-corrected chi connectivity index (χ2v) is 7.12. The van der Waals surface area contributed by atoms with Crippen molar-refractivity contribution in [2.24, 2.45) is 0 Å². The minimum Gasteiger partial charge on any atom is -0.480 e. The van der Waals surface area contributed by atoms with Gasteiger partial charge in [0.05, 0.1) is 12.2 Å². The van der Waals surface area contributed by atoms with E-state index >= 15 is 0 Å². The minimum absolute atomic E-state index is 0.00888. The molecule has 0 radical (unpaired) electrons. The number of nitrogens with one attached hydrogen (secondary N) is 1. The Labute approximate surface area is 151 Å². The number of carbonyl (C=O) groups is 2. The van der Waals surface area contributed by atoms with Gasteiger partial charge in [-0.2, -0.15) is 0 Å². The third kappa shape index (κ3) is 4.64. The van der Waals surface area contributed by atoms with E-state index in [1.807, 2.05) is 12.3 Å². The second kappa shape index (κ2) is 7.76. The SMILES string of the molecule is Cc1cc(C)c(-c2csc(NC(=O)CN(C)C(C)C(=O)O)n2)cc1C. The number of amides is 1. The van der Waals surface area contributed by atoms with Crippen molar-refractivity contribution in [2.75, 3.05) is 18.9 Å². The number of hydrogen-bond acceptors (Lipinski definition) is 5. The fourth-order valence-electron chi connectivity index (χ4n) is 2.40. The first-order valence-electron chi connectivity index (χ1n) is 7.95. The van der Waals surface area contributed by atoms with E-state index in [9.17, 15) is 9.59 Å².